The van der Waals surface area contributed by atoms with Crippen LogP contribution in [-0.2, 0) is 9.59 Å². The highest BCUT2D eigenvalue weighted by Crippen LogP contribution is 2.65. The van der Waals surface area contributed by atoms with Crippen LogP contribution in [0.3, 0.4) is 0 Å². The zero-order valence-corrected chi connectivity index (χ0v) is 14.8. The first-order valence-electron chi connectivity index (χ1n) is 9.42. The summed E-state index contributed by atoms with van der Waals surface area (Å²) in [6.45, 7) is 7.93. The predicted octanol–water partition coefficient (Wildman–Crippen LogP) is 3.61. The predicted molar refractivity (Wildman–Crippen MR) is 92.2 cm³/mol. The van der Waals surface area contributed by atoms with E-state index in [1.165, 1.54) is 5.57 Å². The summed E-state index contributed by atoms with van der Waals surface area (Å²) in [5.41, 5.74) is 0.960. The maximum Gasteiger partial charge on any atom is 0.161 e. The first-order valence-corrected chi connectivity index (χ1v) is 9.42. The molecule has 3 fully saturated rings. The van der Waals surface area contributed by atoms with Crippen molar-refractivity contribution in [1.29, 1.82) is 0 Å². The molecule has 0 amide bonds. The molecule has 0 saturated heterocycles. The van der Waals surface area contributed by atoms with E-state index in [-0.39, 0.29) is 17.0 Å². The van der Waals surface area contributed by atoms with Gasteiger partial charge in [0, 0.05) is 17.8 Å². The highest BCUT2D eigenvalue weighted by molar-refractivity contribution is 5.94. The molecule has 6 atom stereocenters. The van der Waals surface area contributed by atoms with Crippen molar-refractivity contribution in [2.75, 3.05) is 0 Å². The van der Waals surface area contributed by atoms with E-state index in [0.29, 0.717) is 36.5 Å². The van der Waals surface area contributed by atoms with E-state index in [1.54, 1.807) is 6.92 Å². The summed E-state index contributed by atoms with van der Waals surface area (Å²) < 4.78 is 0. The molecule has 0 unspecified atom stereocenters. The fraction of sp³-hybridized carbons (Fsp3) is 0.714. The van der Waals surface area contributed by atoms with Crippen molar-refractivity contribution >= 4 is 11.6 Å². The van der Waals surface area contributed by atoms with Crippen molar-refractivity contribution in [3.05, 3.63) is 23.8 Å². The summed E-state index contributed by atoms with van der Waals surface area (Å²) in [6, 6.07) is 0. The summed E-state index contributed by atoms with van der Waals surface area (Å²) in [6.07, 6.45) is 7.93. The second kappa shape index (κ2) is 5.14. The number of carbonyl (C=O) groups is 2. The molecule has 1 N–H and O–H groups in total. The van der Waals surface area contributed by atoms with Gasteiger partial charge in [0.2, 0.25) is 0 Å². The number of Topliss-reactive ketones (excluding diaryl/α,β-unsaturated/α-hetero) is 1. The lowest BCUT2D eigenvalue weighted by Gasteiger charge is -2.55. The molecule has 0 bridgehead atoms. The van der Waals surface area contributed by atoms with Crippen LogP contribution in [0.25, 0.3) is 0 Å². The fourth-order valence-electron chi connectivity index (χ4n) is 6.82. The Labute approximate surface area is 144 Å². The van der Waals surface area contributed by atoms with Crippen molar-refractivity contribution in [2.45, 2.75) is 64.4 Å². The molecule has 3 saturated carbocycles. The number of hydrogen-bond donors (Lipinski definition) is 1. The second-order valence-corrected chi connectivity index (χ2v) is 8.88. The molecule has 0 aromatic carbocycles. The highest BCUT2D eigenvalue weighted by Gasteiger charge is 2.64. The Morgan fingerprint density at radius 1 is 1.25 bits per heavy atom. The molecule has 4 aliphatic rings. The van der Waals surface area contributed by atoms with E-state index in [4.69, 9.17) is 0 Å². The third kappa shape index (κ3) is 1.94. The largest absolute Gasteiger partial charge is 0.382 e. The number of hydrogen-bond acceptors (Lipinski definition) is 3. The molecule has 0 spiro atoms. The molecule has 0 aromatic rings. The fourth-order valence-corrected chi connectivity index (χ4v) is 6.82. The molecule has 0 heterocycles. The Kier molecular flexibility index (Phi) is 3.48. The monoisotopic (exact) mass is 328 g/mol. The van der Waals surface area contributed by atoms with E-state index in [1.807, 2.05) is 6.08 Å². The molecule has 0 aliphatic heterocycles. The molecular formula is C21H28O3. The number of ketones is 2. The van der Waals surface area contributed by atoms with Crippen LogP contribution in [0.4, 0.5) is 0 Å². The maximum absolute atomic E-state index is 12.2. The topological polar surface area (TPSA) is 54.4 Å². The van der Waals surface area contributed by atoms with Gasteiger partial charge in [0.05, 0.1) is 0 Å². The van der Waals surface area contributed by atoms with Crippen LogP contribution in [0.2, 0.25) is 0 Å². The number of allylic oxidation sites excluding steroid dienone is 2. The van der Waals surface area contributed by atoms with Gasteiger partial charge in [-0.3, -0.25) is 9.59 Å². The quantitative estimate of drug-likeness (QED) is 0.748. The number of carbonyl (C=O) groups excluding carboxylic acids is 2. The molecular weight excluding hydrogens is 300 g/mol. The molecule has 130 valence electrons. The second-order valence-electron chi connectivity index (χ2n) is 8.88. The van der Waals surface area contributed by atoms with Gasteiger partial charge in [-0.1, -0.05) is 24.6 Å². The van der Waals surface area contributed by atoms with E-state index in [9.17, 15) is 14.7 Å². The summed E-state index contributed by atoms with van der Waals surface area (Å²) in [5, 5.41) is 11.1. The van der Waals surface area contributed by atoms with Crippen LogP contribution in [0, 0.1) is 29.1 Å². The van der Waals surface area contributed by atoms with E-state index in [2.05, 4.69) is 13.5 Å². The maximum atomic E-state index is 12.2. The molecule has 4 rings (SSSR count). The molecule has 0 aromatic heterocycles. The lowest BCUT2D eigenvalue weighted by atomic mass is 9.50. The average Bonchev–Trinajstić information content (AvgIpc) is 2.79. The Bertz CT molecular complexity index is 660. The minimum Gasteiger partial charge on any atom is -0.382 e. The van der Waals surface area contributed by atoms with Gasteiger partial charge in [0.1, 0.15) is 5.60 Å². The molecule has 0 radical (unpaired) electrons. The minimum atomic E-state index is -1.14. The Hall–Kier alpha value is -1.22. The summed E-state index contributed by atoms with van der Waals surface area (Å²) in [7, 11) is 0. The van der Waals surface area contributed by atoms with Gasteiger partial charge in [0.15, 0.2) is 11.6 Å². The lowest BCUT2D eigenvalue weighted by molar-refractivity contribution is -0.157. The molecule has 3 nitrogen and oxygen atoms in total. The zero-order valence-electron chi connectivity index (χ0n) is 14.8. The van der Waals surface area contributed by atoms with Crippen molar-refractivity contribution in [2.24, 2.45) is 29.1 Å². The third-order valence-corrected chi connectivity index (χ3v) is 8.01. The van der Waals surface area contributed by atoms with Gasteiger partial charge in [0.25, 0.3) is 0 Å². The van der Waals surface area contributed by atoms with Crippen molar-refractivity contribution in [3.8, 4) is 0 Å². The summed E-state index contributed by atoms with van der Waals surface area (Å²) in [4.78, 5) is 24.1. The first-order chi connectivity index (χ1) is 11.3. The van der Waals surface area contributed by atoms with Crippen LogP contribution < -0.4 is 0 Å². The highest BCUT2D eigenvalue weighted by atomic mass is 16.3. The standard InChI is InChI=1S/C21H28O3/c1-12-10-15(23)11-14-4-5-16-17(19(12)14)6-8-20(3)18(16)7-9-21(20,24)13(2)22/h11,16-19,24H,1,4-10H2,2-3H3/t16-,17+,18+,19+,20+,21+/m1/s1. The van der Waals surface area contributed by atoms with Gasteiger partial charge < -0.3 is 5.11 Å². The van der Waals surface area contributed by atoms with Gasteiger partial charge in [-0.2, -0.15) is 0 Å². The SMILES string of the molecule is C=C1CC(=O)C=C2CC[C@@H]3[C@H](CC[C@@]4(C)[C@H]3CC[C@]4(O)C(C)=O)[C@@H]12. The van der Waals surface area contributed by atoms with Crippen molar-refractivity contribution < 1.29 is 14.7 Å². The number of rotatable bonds is 1. The normalized spacial score (nSPS) is 47.5. The van der Waals surface area contributed by atoms with Crippen LogP contribution in [-0.4, -0.2) is 22.3 Å². The average molecular weight is 328 g/mol. The first kappa shape index (κ1) is 16.3. The third-order valence-electron chi connectivity index (χ3n) is 8.01. The van der Waals surface area contributed by atoms with Crippen LogP contribution in [0.15, 0.2) is 23.8 Å². The lowest BCUT2D eigenvalue weighted by Crippen LogP contribution is -2.55. The van der Waals surface area contributed by atoms with Gasteiger partial charge in [-0.15, -0.1) is 0 Å². The zero-order chi connectivity index (χ0) is 17.3. The Balaban J connectivity index is 1.68. The Morgan fingerprint density at radius 2 is 2.00 bits per heavy atom. The molecule has 24 heavy (non-hydrogen) atoms. The number of fused-ring (bicyclic) bond motifs is 5. The smallest absolute Gasteiger partial charge is 0.161 e. The van der Waals surface area contributed by atoms with Crippen LogP contribution >= 0.6 is 0 Å². The van der Waals surface area contributed by atoms with E-state index < -0.39 is 5.60 Å². The van der Waals surface area contributed by atoms with Gasteiger partial charge >= 0.3 is 0 Å². The number of aliphatic hydroxyl groups is 1. The minimum absolute atomic E-state index is 0.0602. The van der Waals surface area contributed by atoms with Crippen LogP contribution in [0.1, 0.15) is 58.8 Å². The Morgan fingerprint density at radius 3 is 2.71 bits per heavy atom. The summed E-state index contributed by atoms with van der Waals surface area (Å²) >= 11 is 0. The van der Waals surface area contributed by atoms with E-state index in [0.717, 1.165) is 37.7 Å². The van der Waals surface area contributed by atoms with Crippen molar-refractivity contribution in [3.63, 3.8) is 0 Å². The molecule has 3 heteroatoms. The van der Waals surface area contributed by atoms with Crippen LogP contribution in [0.5, 0.6) is 0 Å². The molecule has 4 aliphatic carbocycles. The van der Waals surface area contributed by atoms with Crippen molar-refractivity contribution in [1.82, 2.24) is 0 Å². The van der Waals surface area contributed by atoms with E-state index >= 15 is 0 Å². The van der Waals surface area contributed by atoms with Gasteiger partial charge in [-0.25, -0.2) is 0 Å². The summed E-state index contributed by atoms with van der Waals surface area (Å²) in [5.74, 6) is 2.00. The van der Waals surface area contributed by atoms with Gasteiger partial charge in [-0.05, 0) is 69.3 Å².